The van der Waals surface area contributed by atoms with E-state index in [4.69, 9.17) is 10.00 Å². The Kier molecular flexibility index (Phi) is 7.18. The maximum absolute atomic E-state index is 13.3. The molecule has 0 spiro atoms. The molecule has 0 aliphatic heterocycles. The van der Waals surface area contributed by atoms with Crippen LogP contribution in [-0.2, 0) is 20.8 Å². The monoisotopic (exact) mass is 533 g/mol. The van der Waals surface area contributed by atoms with Crippen molar-refractivity contribution in [3.63, 3.8) is 0 Å². The molecule has 1 unspecified atom stereocenters. The van der Waals surface area contributed by atoms with Crippen molar-refractivity contribution in [3.8, 4) is 22.4 Å². The van der Waals surface area contributed by atoms with Gasteiger partial charge in [-0.1, -0.05) is 6.07 Å². The second-order valence-corrected chi connectivity index (χ2v) is 11.5. The molecular formula is C19H15F3N3O6PS2. The molecule has 180 valence electrons. The zero-order valence-electron chi connectivity index (χ0n) is 17.0. The van der Waals surface area contributed by atoms with Crippen LogP contribution in [-0.4, -0.2) is 30.3 Å². The van der Waals surface area contributed by atoms with Gasteiger partial charge in [-0.25, -0.2) is 13.4 Å². The molecule has 2 heterocycles. The fourth-order valence-electron chi connectivity index (χ4n) is 2.87. The molecule has 0 amide bonds. The number of hydrogen-bond acceptors (Lipinski definition) is 7. The molecule has 3 aromatic rings. The summed E-state index contributed by atoms with van der Waals surface area (Å²) in [5.74, 6) is -1.99. The lowest BCUT2D eigenvalue weighted by Gasteiger charge is -2.21. The molecule has 1 atom stereocenters. The first-order valence-corrected chi connectivity index (χ1v) is 13.0. The van der Waals surface area contributed by atoms with Gasteiger partial charge in [-0.15, -0.1) is 11.3 Å². The number of thiophene rings is 1. The summed E-state index contributed by atoms with van der Waals surface area (Å²) in [5.41, 5.74) is -2.34. The highest BCUT2D eigenvalue weighted by molar-refractivity contribution is 7.92. The molecule has 0 saturated heterocycles. The summed E-state index contributed by atoms with van der Waals surface area (Å²) in [6.07, 6.45) is -3.57. The molecule has 0 aliphatic rings. The number of rotatable bonds is 7. The summed E-state index contributed by atoms with van der Waals surface area (Å²) in [6.45, 7) is 0. The third-order valence-corrected chi connectivity index (χ3v) is 8.79. The van der Waals surface area contributed by atoms with Crippen LogP contribution in [0.3, 0.4) is 0 Å². The lowest BCUT2D eigenvalue weighted by molar-refractivity contribution is -0.137. The molecule has 15 heteroatoms. The van der Waals surface area contributed by atoms with E-state index >= 15 is 0 Å². The topological polar surface area (TPSA) is 150 Å². The number of aromatic nitrogens is 1. The van der Waals surface area contributed by atoms with Crippen LogP contribution in [0, 0.1) is 11.3 Å². The maximum atomic E-state index is 13.3. The van der Waals surface area contributed by atoms with Crippen molar-refractivity contribution in [2.45, 2.75) is 16.2 Å². The number of hydrogen-bond donors (Lipinski definition) is 3. The van der Waals surface area contributed by atoms with E-state index in [0.29, 0.717) is 22.4 Å². The minimum Gasteiger partial charge on any atom is -0.481 e. The van der Waals surface area contributed by atoms with Gasteiger partial charge in [0.1, 0.15) is 9.99 Å². The standard InChI is InChI=1S/C19H15F3N3O6PS2/c1-31-16-6-4-13(10-24-16)15-5-7-17(33-15)34(29,30)25-18(32(26,27)28)11-2-3-12(9-23)14(8-11)19(20,21)22/h2-8,10,18,25H,1H3,(H2,26,27,28). The Balaban J connectivity index is 1.98. The van der Waals surface area contributed by atoms with Crippen LogP contribution in [0.5, 0.6) is 5.88 Å². The Bertz CT molecular complexity index is 1400. The summed E-state index contributed by atoms with van der Waals surface area (Å²) in [5, 5.41) is 8.91. The van der Waals surface area contributed by atoms with Gasteiger partial charge >= 0.3 is 13.8 Å². The fourth-order valence-corrected chi connectivity index (χ4v) is 6.75. The van der Waals surface area contributed by atoms with Crippen LogP contribution in [0.25, 0.3) is 10.4 Å². The zero-order valence-corrected chi connectivity index (χ0v) is 19.5. The van der Waals surface area contributed by atoms with Gasteiger partial charge < -0.3 is 14.5 Å². The molecule has 0 saturated carbocycles. The lowest BCUT2D eigenvalue weighted by Crippen LogP contribution is -2.28. The molecular weight excluding hydrogens is 518 g/mol. The number of benzene rings is 1. The van der Waals surface area contributed by atoms with Gasteiger partial charge in [0.05, 0.1) is 24.3 Å². The Morgan fingerprint density at radius 2 is 1.91 bits per heavy atom. The van der Waals surface area contributed by atoms with E-state index in [1.54, 1.807) is 16.9 Å². The summed E-state index contributed by atoms with van der Waals surface area (Å²) in [4.78, 5) is 23.9. The van der Waals surface area contributed by atoms with E-state index in [-0.39, 0.29) is 4.21 Å². The van der Waals surface area contributed by atoms with Gasteiger partial charge in [0.15, 0.2) is 0 Å². The first kappa shape index (κ1) is 25.8. The number of nitrogens with one attached hydrogen (secondary N) is 1. The molecule has 0 aliphatic carbocycles. The van der Waals surface area contributed by atoms with Crippen LogP contribution in [0.15, 0.2) is 52.9 Å². The highest BCUT2D eigenvalue weighted by Crippen LogP contribution is 2.51. The predicted octanol–water partition coefficient (Wildman–Crippen LogP) is 3.86. The Hall–Kier alpha value is -2.79. The van der Waals surface area contributed by atoms with Crippen molar-refractivity contribution < 1.29 is 40.7 Å². The molecule has 3 N–H and O–H groups in total. The van der Waals surface area contributed by atoms with Gasteiger partial charge in [-0.2, -0.15) is 23.2 Å². The third-order valence-electron chi connectivity index (χ3n) is 4.46. The molecule has 2 aromatic heterocycles. The smallest absolute Gasteiger partial charge is 0.417 e. The number of halogens is 3. The average molecular weight is 533 g/mol. The van der Waals surface area contributed by atoms with Crippen LogP contribution in [0.2, 0.25) is 0 Å². The number of alkyl halides is 3. The Labute approximate surface area is 195 Å². The third kappa shape index (κ3) is 5.64. The van der Waals surface area contributed by atoms with Crippen LogP contribution < -0.4 is 9.46 Å². The zero-order chi connectivity index (χ0) is 25.3. The first-order chi connectivity index (χ1) is 15.8. The second kappa shape index (κ2) is 9.46. The SMILES string of the molecule is COc1ccc(-c2ccc(S(=O)(=O)NC(c3ccc(C#N)c(C(F)(F)F)c3)P(=O)(O)O)s2)cn1. The quantitative estimate of drug-likeness (QED) is 0.388. The number of ether oxygens (including phenoxy) is 1. The van der Waals surface area contributed by atoms with Gasteiger partial charge in [-0.05, 0) is 35.9 Å². The van der Waals surface area contributed by atoms with Crippen LogP contribution in [0.1, 0.15) is 22.5 Å². The average Bonchev–Trinajstić information content (AvgIpc) is 3.27. The van der Waals surface area contributed by atoms with E-state index in [9.17, 15) is 35.9 Å². The van der Waals surface area contributed by atoms with Crippen molar-refractivity contribution in [3.05, 3.63) is 65.4 Å². The van der Waals surface area contributed by atoms with E-state index in [1.165, 1.54) is 31.5 Å². The summed E-state index contributed by atoms with van der Waals surface area (Å²) < 4.78 is 84.1. The predicted molar refractivity (Wildman–Crippen MR) is 115 cm³/mol. The van der Waals surface area contributed by atoms with Crippen molar-refractivity contribution in [2.75, 3.05) is 7.11 Å². The van der Waals surface area contributed by atoms with E-state index in [2.05, 4.69) is 4.98 Å². The molecule has 0 bridgehead atoms. The van der Waals surface area contributed by atoms with E-state index in [1.807, 2.05) is 0 Å². The molecule has 34 heavy (non-hydrogen) atoms. The number of sulfonamides is 1. The highest BCUT2D eigenvalue weighted by atomic mass is 32.2. The maximum Gasteiger partial charge on any atom is 0.417 e. The molecule has 1 aromatic carbocycles. The first-order valence-electron chi connectivity index (χ1n) is 9.05. The largest absolute Gasteiger partial charge is 0.481 e. The summed E-state index contributed by atoms with van der Waals surface area (Å²) in [7, 11) is -8.48. The summed E-state index contributed by atoms with van der Waals surface area (Å²) >= 11 is 0.760. The minimum absolute atomic E-state index is 0.332. The number of methoxy groups -OCH3 is 1. The molecule has 3 rings (SSSR count). The van der Waals surface area contributed by atoms with E-state index in [0.717, 1.165) is 23.5 Å². The normalized spacial score (nSPS) is 13.3. The van der Waals surface area contributed by atoms with Crippen LogP contribution in [0.4, 0.5) is 13.2 Å². The number of pyridine rings is 1. The van der Waals surface area contributed by atoms with Gasteiger partial charge in [0.2, 0.25) is 5.88 Å². The van der Waals surface area contributed by atoms with E-state index < -0.39 is 46.3 Å². The van der Waals surface area contributed by atoms with Crippen LogP contribution >= 0.6 is 18.9 Å². The lowest BCUT2D eigenvalue weighted by atomic mass is 10.0. The van der Waals surface area contributed by atoms with Gasteiger partial charge in [-0.3, -0.25) is 4.57 Å². The van der Waals surface area contributed by atoms with Gasteiger partial charge in [0, 0.05) is 22.7 Å². The van der Waals surface area contributed by atoms with Gasteiger partial charge in [0.25, 0.3) is 10.0 Å². The minimum atomic E-state index is -5.33. The van der Waals surface area contributed by atoms with Crippen molar-refractivity contribution in [1.82, 2.24) is 9.71 Å². The number of nitrogens with zero attached hydrogens (tertiary/aromatic N) is 2. The van der Waals surface area contributed by atoms with Crippen molar-refractivity contribution >= 4 is 29.0 Å². The second-order valence-electron chi connectivity index (χ2n) is 6.74. The Morgan fingerprint density at radius 3 is 2.44 bits per heavy atom. The molecule has 0 fully saturated rings. The fraction of sp³-hybridized carbons (Fsp3) is 0.158. The molecule has 0 radical (unpaired) electrons. The Morgan fingerprint density at radius 1 is 1.21 bits per heavy atom. The molecule has 9 nitrogen and oxygen atoms in total. The summed E-state index contributed by atoms with van der Waals surface area (Å²) in [6, 6.07) is 9.05. The van der Waals surface area contributed by atoms with Crippen molar-refractivity contribution in [1.29, 1.82) is 5.26 Å². The number of nitriles is 1. The van der Waals surface area contributed by atoms with Crippen molar-refractivity contribution in [2.24, 2.45) is 0 Å². The highest BCUT2D eigenvalue weighted by Gasteiger charge is 2.39.